The van der Waals surface area contributed by atoms with Gasteiger partial charge in [-0.2, -0.15) is 5.10 Å². The molecule has 0 saturated heterocycles. The van der Waals surface area contributed by atoms with E-state index < -0.39 is 0 Å². The summed E-state index contributed by atoms with van der Waals surface area (Å²) in [5.41, 5.74) is 7.15. The Morgan fingerprint density at radius 3 is 2.79 bits per heavy atom. The van der Waals surface area contributed by atoms with Gasteiger partial charge in [0.1, 0.15) is 0 Å². The van der Waals surface area contributed by atoms with E-state index in [1.54, 1.807) is 6.21 Å². The number of hydrogen-bond donors (Lipinski definition) is 2. The number of amides is 1. The molecule has 1 aromatic heterocycles. The van der Waals surface area contributed by atoms with Gasteiger partial charge in [-0.05, 0) is 37.0 Å². The van der Waals surface area contributed by atoms with Crippen LogP contribution >= 0.6 is 0 Å². The van der Waals surface area contributed by atoms with Crippen LogP contribution in [0.25, 0.3) is 10.9 Å². The molecule has 24 heavy (non-hydrogen) atoms. The van der Waals surface area contributed by atoms with Crippen molar-refractivity contribution >= 4 is 23.0 Å². The predicted molar refractivity (Wildman–Crippen MR) is 98.2 cm³/mol. The van der Waals surface area contributed by atoms with Gasteiger partial charge in [0, 0.05) is 23.5 Å². The lowest BCUT2D eigenvalue weighted by atomic mass is 10.1. The van der Waals surface area contributed by atoms with E-state index in [1.165, 1.54) is 16.5 Å². The first-order valence-electron chi connectivity index (χ1n) is 8.16. The van der Waals surface area contributed by atoms with Crippen molar-refractivity contribution in [1.29, 1.82) is 0 Å². The van der Waals surface area contributed by atoms with Gasteiger partial charge in [-0.1, -0.05) is 48.0 Å². The molecule has 0 atom stereocenters. The Morgan fingerprint density at radius 2 is 1.96 bits per heavy atom. The van der Waals surface area contributed by atoms with E-state index in [2.05, 4.69) is 27.6 Å². The number of hydrazone groups is 1. The molecule has 0 unspecified atom stereocenters. The van der Waals surface area contributed by atoms with E-state index in [4.69, 9.17) is 0 Å². The first kappa shape index (κ1) is 16.0. The van der Waals surface area contributed by atoms with Crippen molar-refractivity contribution in [2.24, 2.45) is 5.10 Å². The first-order valence-corrected chi connectivity index (χ1v) is 8.16. The van der Waals surface area contributed by atoms with E-state index in [1.807, 2.05) is 49.5 Å². The van der Waals surface area contributed by atoms with Crippen LogP contribution < -0.4 is 5.43 Å². The summed E-state index contributed by atoms with van der Waals surface area (Å²) in [6.07, 6.45) is 5.83. The second kappa shape index (κ2) is 7.59. The molecule has 0 aliphatic heterocycles. The number of aromatic nitrogens is 1. The molecule has 0 spiro atoms. The number of para-hydroxylation sites is 1. The Kier molecular flexibility index (Phi) is 5.06. The molecule has 4 nitrogen and oxygen atoms in total. The first-order chi connectivity index (χ1) is 11.7. The molecule has 0 fully saturated rings. The summed E-state index contributed by atoms with van der Waals surface area (Å²) in [7, 11) is 0. The van der Waals surface area contributed by atoms with Gasteiger partial charge in [-0.15, -0.1) is 0 Å². The van der Waals surface area contributed by atoms with Gasteiger partial charge in [0.15, 0.2) is 0 Å². The Balaban J connectivity index is 1.45. The predicted octanol–water partition coefficient (Wildman–Crippen LogP) is 3.95. The lowest BCUT2D eigenvalue weighted by Crippen LogP contribution is -2.17. The molecule has 2 N–H and O–H groups in total. The number of aryl methyl sites for hydroxylation is 2. The lowest BCUT2D eigenvalue weighted by molar-refractivity contribution is -0.121. The maximum atomic E-state index is 11.8. The number of H-pyrrole nitrogens is 1. The molecular formula is C20H21N3O. The SMILES string of the molecule is Cc1ccc(/C=N\NC(=O)CCCc2c[nH]c3ccccc23)cc1. The zero-order chi connectivity index (χ0) is 16.8. The molecular weight excluding hydrogens is 298 g/mol. The van der Waals surface area contributed by atoms with Crippen LogP contribution in [0.15, 0.2) is 59.8 Å². The summed E-state index contributed by atoms with van der Waals surface area (Å²) < 4.78 is 0. The molecule has 0 radical (unpaired) electrons. The minimum atomic E-state index is -0.0572. The summed E-state index contributed by atoms with van der Waals surface area (Å²) in [4.78, 5) is 15.1. The third-order valence-corrected chi connectivity index (χ3v) is 4.01. The van der Waals surface area contributed by atoms with E-state index in [-0.39, 0.29) is 5.91 Å². The van der Waals surface area contributed by atoms with Crippen molar-refractivity contribution in [3.63, 3.8) is 0 Å². The number of nitrogens with one attached hydrogen (secondary N) is 2. The summed E-state index contributed by atoms with van der Waals surface area (Å²) in [5.74, 6) is -0.0572. The van der Waals surface area contributed by atoms with E-state index in [9.17, 15) is 4.79 Å². The number of carbonyl (C=O) groups excluding carboxylic acids is 1. The standard InChI is InChI=1S/C20H21N3O/c1-15-9-11-16(12-10-15)13-22-23-20(24)8-4-5-17-14-21-19-7-3-2-6-18(17)19/h2-3,6-7,9-14,21H,4-5,8H2,1H3,(H,23,24)/b22-13-. The molecule has 3 aromatic rings. The Labute approximate surface area is 141 Å². The fraction of sp³-hybridized carbons (Fsp3) is 0.200. The molecule has 0 aliphatic rings. The van der Waals surface area contributed by atoms with E-state index in [0.717, 1.165) is 23.9 Å². The van der Waals surface area contributed by atoms with Crippen molar-refractivity contribution in [2.75, 3.05) is 0 Å². The zero-order valence-electron chi connectivity index (χ0n) is 13.8. The highest BCUT2D eigenvalue weighted by Gasteiger charge is 2.04. The number of carbonyl (C=O) groups is 1. The lowest BCUT2D eigenvalue weighted by Gasteiger charge is -2.01. The summed E-state index contributed by atoms with van der Waals surface area (Å²) in [6.45, 7) is 2.04. The molecule has 3 rings (SSSR count). The molecule has 4 heteroatoms. The summed E-state index contributed by atoms with van der Waals surface area (Å²) in [5, 5.41) is 5.24. The van der Waals surface area contributed by atoms with Crippen LogP contribution in [-0.2, 0) is 11.2 Å². The number of rotatable bonds is 6. The van der Waals surface area contributed by atoms with Crippen LogP contribution in [0.3, 0.4) is 0 Å². The minimum absolute atomic E-state index is 0.0572. The number of nitrogens with zero attached hydrogens (tertiary/aromatic N) is 1. The van der Waals surface area contributed by atoms with Gasteiger partial charge in [0.25, 0.3) is 0 Å². The minimum Gasteiger partial charge on any atom is -0.361 e. The highest BCUT2D eigenvalue weighted by atomic mass is 16.2. The quantitative estimate of drug-likeness (QED) is 0.524. The fourth-order valence-electron chi connectivity index (χ4n) is 2.67. The second-order valence-corrected chi connectivity index (χ2v) is 5.92. The largest absolute Gasteiger partial charge is 0.361 e. The van der Waals surface area contributed by atoms with Gasteiger partial charge in [-0.3, -0.25) is 4.79 Å². The number of fused-ring (bicyclic) bond motifs is 1. The van der Waals surface area contributed by atoms with Crippen molar-refractivity contribution in [1.82, 2.24) is 10.4 Å². The fourth-order valence-corrected chi connectivity index (χ4v) is 2.67. The molecule has 1 heterocycles. The highest BCUT2D eigenvalue weighted by Crippen LogP contribution is 2.19. The maximum Gasteiger partial charge on any atom is 0.240 e. The van der Waals surface area contributed by atoms with Crippen molar-refractivity contribution < 1.29 is 4.79 Å². The molecule has 0 saturated carbocycles. The second-order valence-electron chi connectivity index (χ2n) is 5.92. The van der Waals surface area contributed by atoms with Gasteiger partial charge >= 0.3 is 0 Å². The smallest absolute Gasteiger partial charge is 0.240 e. The van der Waals surface area contributed by atoms with Gasteiger partial charge in [0.2, 0.25) is 5.91 Å². The van der Waals surface area contributed by atoms with Crippen molar-refractivity contribution in [3.8, 4) is 0 Å². The number of benzene rings is 2. The molecule has 0 bridgehead atoms. The Morgan fingerprint density at radius 1 is 1.17 bits per heavy atom. The normalized spacial score (nSPS) is 11.2. The average Bonchev–Trinajstić information content (AvgIpc) is 3.00. The summed E-state index contributed by atoms with van der Waals surface area (Å²) >= 11 is 0. The molecule has 122 valence electrons. The van der Waals surface area contributed by atoms with Crippen molar-refractivity contribution in [2.45, 2.75) is 26.2 Å². The van der Waals surface area contributed by atoms with Crippen LogP contribution in [0.4, 0.5) is 0 Å². The average molecular weight is 319 g/mol. The Hall–Kier alpha value is -2.88. The Bertz CT molecular complexity index is 847. The third-order valence-electron chi connectivity index (χ3n) is 4.01. The van der Waals surface area contributed by atoms with Crippen molar-refractivity contribution in [3.05, 3.63) is 71.4 Å². The van der Waals surface area contributed by atoms with E-state index in [0.29, 0.717) is 6.42 Å². The van der Waals surface area contributed by atoms with Gasteiger partial charge in [0.05, 0.1) is 6.21 Å². The van der Waals surface area contributed by atoms with Crippen LogP contribution in [0.5, 0.6) is 0 Å². The molecule has 2 aromatic carbocycles. The summed E-state index contributed by atoms with van der Waals surface area (Å²) in [6, 6.07) is 16.2. The van der Waals surface area contributed by atoms with Crippen LogP contribution in [0, 0.1) is 6.92 Å². The number of aromatic amines is 1. The van der Waals surface area contributed by atoms with Crippen LogP contribution in [0.2, 0.25) is 0 Å². The maximum absolute atomic E-state index is 11.8. The van der Waals surface area contributed by atoms with Crippen LogP contribution in [0.1, 0.15) is 29.5 Å². The van der Waals surface area contributed by atoms with Gasteiger partial charge in [-0.25, -0.2) is 5.43 Å². The molecule has 0 aliphatic carbocycles. The third kappa shape index (κ3) is 4.10. The topological polar surface area (TPSA) is 57.2 Å². The van der Waals surface area contributed by atoms with E-state index >= 15 is 0 Å². The van der Waals surface area contributed by atoms with Gasteiger partial charge < -0.3 is 4.98 Å². The highest BCUT2D eigenvalue weighted by molar-refractivity contribution is 5.83. The molecule has 1 amide bonds. The monoisotopic (exact) mass is 319 g/mol. The van der Waals surface area contributed by atoms with Crippen LogP contribution in [-0.4, -0.2) is 17.1 Å². The number of hydrogen-bond acceptors (Lipinski definition) is 2. The zero-order valence-corrected chi connectivity index (χ0v) is 13.8.